The van der Waals surface area contributed by atoms with Gasteiger partial charge in [-0.25, -0.2) is 0 Å². The van der Waals surface area contributed by atoms with Crippen LogP contribution in [0.15, 0.2) is 16.6 Å². The van der Waals surface area contributed by atoms with E-state index in [1.165, 1.54) is 13.2 Å². The summed E-state index contributed by atoms with van der Waals surface area (Å²) in [6.07, 6.45) is 0. The molecule has 0 aromatic heterocycles. The lowest BCUT2D eigenvalue weighted by Gasteiger charge is -2.05. The normalized spacial score (nSPS) is 9.93. The van der Waals surface area contributed by atoms with Crippen molar-refractivity contribution >= 4 is 33.2 Å². The van der Waals surface area contributed by atoms with Crippen molar-refractivity contribution in [2.45, 2.75) is 5.88 Å². The van der Waals surface area contributed by atoms with Crippen molar-refractivity contribution in [1.82, 2.24) is 0 Å². The minimum Gasteiger partial charge on any atom is -0.496 e. The monoisotopic (exact) mass is 279 g/mol. The molecule has 0 radical (unpaired) electrons. The first kappa shape index (κ1) is 11.3. The second-order valence-electron chi connectivity index (χ2n) is 2.50. The van der Waals surface area contributed by atoms with Gasteiger partial charge in [-0.2, -0.15) is 0 Å². The van der Waals surface area contributed by atoms with Crippen molar-refractivity contribution in [1.29, 1.82) is 0 Å². The van der Waals surface area contributed by atoms with E-state index in [-0.39, 0.29) is 11.6 Å². The molecule has 0 aliphatic heterocycles. The molecule has 0 heterocycles. The molecule has 76 valence electrons. The van der Waals surface area contributed by atoms with Crippen LogP contribution in [0.2, 0.25) is 0 Å². The predicted molar refractivity (Wildman–Crippen MR) is 56.9 cm³/mol. The molecule has 1 aromatic rings. The lowest BCUT2D eigenvalue weighted by molar-refractivity contribution is -0.385. The van der Waals surface area contributed by atoms with E-state index in [4.69, 9.17) is 16.3 Å². The molecule has 0 aliphatic carbocycles. The molecule has 1 aromatic carbocycles. The van der Waals surface area contributed by atoms with Gasteiger partial charge >= 0.3 is 0 Å². The first-order valence-corrected chi connectivity index (χ1v) is 4.99. The first-order valence-electron chi connectivity index (χ1n) is 3.67. The second-order valence-corrected chi connectivity index (χ2v) is 3.62. The van der Waals surface area contributed by atoms with Crippen molar-refractivity contribution in [3.05, 3.63) is 32.3 Å². The number of nitrogens with zero attached hydrogens (tertiary/aromatic N) is 1. The van der Waals surface area contributed by atoms with Crippen molar-refractivity contribution in [2.24, 2.45) is 0 Å². The Bertz CT molecular complexity index is 370. The molecule has 4 nitrogen and oxygen atoms in total. The number of methoxy groups -OCH3 is 1. The van der Waals surface area contributed by atoms with Gasteiger partial charge < -0.3 is 4.74 Å². The number of halogens is 2. The minimum absolute atomic E-state index is 0.0359. The largest absolute Gasteiger partial charge is 0.496 e. The van der Waals surface area contributed by atoms with E-state index in [2.05, 4.69) is 15.9 Å². The van der Waals surface area contributed by atoms with Crippen LogP contribution in [0, 0.1) is 10.1 Å². The third kappa shape index (κ3) is 2.16. The maximum atomic E-state index is 10.7. The molecule has 0 amide bonds. The van der Waals surface area contributed by atoms with E-state index in [0.29, 0.717) is 15.8 Å². The van der Waals surface area contributed by atoms with E-state index in [9.17, 15) is 10.1 Å². The molecule has 0 unspecified atom stereocenters. The Balaban J connectivity index is 3.35. The Morgan fingerprint density at radius 2 is 2.29 bits per heavy atom. The number of alkyl halides is 1. The zero-order valence-corrected chi connectivity index (χ0v) is 9.63. The molecule has 1 rings (SSSR count). The number of nitro benzene ring substituents is 1. The van der Waals surface area contributed by atoms with Crippen LogP contribution in [-0.2, 0) is 5.88 Å². The molecule has 0 spiro atoms. The van der Waals surface area contributed by atoms with Crippen LogP contribution in [0.3, 0.4) is 0 Å². The Labute approximate surface area is 94.1 Å². The highest BCUT2D eigenvalue weighted by atomic mass is 79.9. The Hall–Kier alpha value is -0.810. The van der Waals surface area contributed by atoms with Gasteiger partial charge in [0.1, 0.15) is 5.75 Å². The average molecular weight is 281 g/mol. The topological polar surface area (TPSA) is 52.4 Å². The van der Waals surface area contributed by atoms with E-state index in [1.54, 1.807) is 6.07 Å². The number of nitro groups is 1. The fourth-order valence-electron chi connectivity index (χ4n) is 1.01. The molecule has 0 saturated carbocycles. The number of hydrogen-bond acceptors (Lipinski definition) is 3. The van der Waals surface area contributed by atoms with Crippen molar-refractivity contribution in [3.63, 3.8) is 0 Å². The fraction of sp³-hybridized carbons (Fsp3) is 0.250. The summed E-state index contributed by atoms with van der Waals surface area (Å²) in [6, 6.07) is 2.99. The van der Waals surface area contributed by atoms with Gasteiger partial charge in [-0.15, -0.1) is 11.6 Å². The van der Waals surface area contributed by atoms with Crippen molar-refractivity contribution < 1.29 is 9.66 Å². The standard InChI is InChI=1S/C8H7BrClNO3/c1-14-5-2-7(9)6(4-10)8(3-5)11(12)13/h2-3H,4H2,1H3. The summed E-state index contributed by atoms with van der Waals surface area (Å²) in [6.45, 7) is 0. The molecule has 0 fully saturated rings. The van der Waals surface area contributed by atoms with Crippen LogP contribution in [-0.4, -0.2) is 12.0 Å². The molecule has 6 heteroatoms. The first-order chi connectivity index (χ1) is 6.60. The van der Waals surface area contributed by atoms with Crippen LogP contribution < -0.4 is 4.74 Å². The van der Waals surface area contributed by atoms with Gasteiger partial charge in [-0.05, 0) is 6.07 Å². The average Bonchev–Trinajstić information content (AvgIpc) is 2.16. The number of benzene rings is 1. The lowest BCUT2D eigenvalue weighted by Crippen LogP contribution is -1.96. The molecule has 0 bridgehead atoms. The van der Waals surface area contributed by atoms with E-state index in [0.717, 1.165) is 0 Å². The molecular formula is C8H7BrClNO3. The predicted octanol–water partition coefficient (Wildman–Crippen LogP) is 3.10. The molecule has 0 saturated heterocycles. The molecule has 0 aliphatic rings. The molecule has 14 heavy (non-hydrogen) atoms. The highest BCUT2D eigenvalue weighted by molar-refractivity contribution is 9.10. The van der Waals surface area contributed by atoms with Gasteiger partial charge in [0.15, 0.2) is 0 Å². The number of ether oxygens (including phenoxy) is 1. The second kappa shape index (κ2) is 4.61. The smallest absolute Gasteiger partial charge is 0.278 e. The van der Waals surface area contributed by atoms with Crippen LogP contribution in [0.25, 0.3) is 0 Å². The van der Waals surface area contributed by atoms with Gasteiger partial charge in [-0.1, -0.05) is 15.9 Å². The van der Waals surface area contributed by atoms with E-state index >= 15 is 0 Å². The SMILES string of the molecule is COc1cc(Br)c(CCl)c([N+](=O)[O-])c1. The Morgan fingerprint density at radius 1 is 1.64 bits per heavy atom. The van der Waals surface area contributed by atoms with Crippen molar-refractivity contribution in [3.8, 4) is 5.75 Å². The van der Waals surface area contributed by atoms with Gasteiger partial charge in [0, 0.05) is 4.47 Å². The zero-order valence-electron chi connectivity index (χ0n) is 7.29. The Morgan fingerprint density at radius 3 is 2.71 bits per heavy atom. The number of hydrogen-bond donors (Lipinski definition) is 0. The highest BCUT2D eigenvalue weighted by Gasteiger charge is 2.17. The summed E-state index contributed by atoms with van der Waals surface area (Å²) in [5.74, 6) is 0.512. The van der Waals surface area contributed by atoms with Crippen LogP contribution in [0.4, 0.5) is 5.69 Å². The maximum Gasteiger partial charge on any atom is 0.278 e. The fourth-order valence-corrected chi connectivity index (χ4v) is 2.02. The lowest BCUT2D eigenvalue weighted by atomic mass is 10.2. The summed E-state index contributed by atoms with van der Waals surface area (Å²) >= 11 is 8.80. The summed E-state index contributed by atoms with van der Waals surface area (Å²) < 4.78 is 5.49. The minimum atomic E-state index is -0.481. The van der Waals surface area contributed by atoms with Gasteiger partial charge in [-0.3, -0.25) is 10.1 Å². The summed E-state index contributed by atoms with van der Waals surface area (Å²) in [7, 11) is 1.45. The molecule has 0 atom stereocenters. The third-order valence-electron chi connectivity index (χ3n) is 1.71. The zero-order chi connectivity index (χ0) is 10.7. The quantitative estimate of drug-likeness (QED) is 0.485. The van der Waals surface area contributed by atoms with Crippen LogP contribution in [0.5, 0.6) is 5.75 Å². The van der Waals surface area contributed by atoms with Gasteiger partial charge in [0.25, 0.3) is 5.69 Å². The Kier molecular flexibility index (Phi) is 3.71. The summed E-state index contributed by atoms with van der Waals surface area (Å²) in [5.41, 5.74) is 0.420. The van der Waals surface area contributed by atoms with Crippen molar-refractivity contribution in [2.75, 3.05) is 7.11 Å². The van der Waals surface area contributed by atoms with Gasteiger partial charge in [0.05, 0.1) is 29.5 Å². The van der Waals surface area contributed by atoms with Crippen LogP contribution >= 0.6 is 27.5 Å². The maximum absolute atomic E-state index is 10.7. The van der Waals surface area contributed by atoms with E-state index < -0.39 is 4.92 Å². The van der Waals surface area contributed by atoms with E-state index in [1.807, 2.05) is 0 Å². The van der Waals surface area contributed by atoms with Crippen LogP contribution in [0.1, 0.15) is 5.56 Å². The highest BCUT2D eigenvalue weighted by Crippen LogP contribution is 2.33. The summed E-state index contributed by atoms with van der Waals surface area (Å²) in [5, 5.41) is 10.7. The summed E-state index contributed by atoms with van der Waals surface area (Å²) in [4.78, 5) is 10.2. The number of rotatable bonds is 3. The molecular weight excluding hydrogens is 273 g/mol. The molecule has 0 N–H and O–H groups in total. The third-order valence-corrected chi connectivity index (χ3v) is 2.69. The van der Waals surface area contributed by atoms with Gasteiger partial charge in [0.2, 0.25) is 0 Å².